The van der Waals surface area contributed by atoms with Crippen LogP contribution in [-0.2, 0) is 0 Å². The SMILES string of the molecule is C1=CCC(C2CCNCC2C2CCCC2)CC1. The second-order valence-corrected chi connectivity index (χ2v) is 6.41. The zero-order chi connectivity index (χ0) is 11.5. The Kier molecular flexibility index (Phi) is 3.85. The van der Waals surface area contributed by atoms with Gasteiger partial charge < -0.3 is 5.32 Å². The molecule has 1 heterocycles. The standard InChI is InChI=1S/C16H27N/c1-2-6-13(7-3-1)15-10-11-17-12-16(15)14-8-4-5-9-14/h1-2,13-17H,3-12H2. The summed E-state index contributed by atoms with van der Waals surface area (Å²) in [6.07, 6.45) is 16.5. The van der Waals surface area contributed by atoms with Crippen LogP contribution in [0.15, 0.2) is 12.2 Å². The second-order valence-electron chi connectivity index (χ2n) is 6.41. The van der Waals surface area contributed by atoms with Gasteiger partial charge in [-0.1, -0.05) is 37.8 Å². The molecule has 3 rings (SSSR count). The number of nitrogens with one attached hydrogen (secondary N) is 1. The fourth-order valence-corrected chi connectivity index (χ4v) is 4.60. The van der Waals surface area contributed by atoms with Crippen LogP contribution in [0.5, 0.6) is 0 Å². The van der Waals surface area contributed by atoms with Crippen molar-refractivity contribution < 1.29 is 0 Å². The molecule has 2 aliphatic carbocycles. The van der Waals surface area contributed by atoms with Gasteiger partial charge in [0.25, 0.3) is 0 Å². The van der Waals surface area contributed by atoms with Crippen LogP contribution in [0.1, 0.15) is 51.4 Å². The van der Waals surface area contributed by atoms with Gasteiger partial charge in [0.05, 0.1) is 0 Å². The van der Waals surface area contributed by atoms with E-state index in [9.17, 15) is 0 Å². The third-order valence-electron chi connectivity index (χ3n) is 5.50. The first-order valence-corrected chi connectivity index (χ1v) is 7.81. The quantitative estimate of drug-likeness (QED) is 0.716. The summed E-state index contributed by atoms with van der Waals surface area (Å²) in [4.78, 5) is 0. The maximum atomic E-state index is 3.66. The monoisotopic (exact) mass is 233 g/mol. The molecule has 0 radical (unpaired) electrons. The van der Waals surface area contributed by atoms with Gasteiger partial charge in [0, 0.05) is 0 Å². The summed E-state index contributed by atoms with van der Waals surface area (Å²) in [7, 11) is 0. The van der Waals surface area contributed by atoms with Gasteiger partial charge in [0.2, 0.25) is 0 Å². The van der Waals surface area contributed by atoms with Crippen LogP contribution in [0.25, 0.3) is 0 Å². The molecule has 17 heavy (non-hydrogen) atoms. The number of hydrogen-bond donors (Lipinski definition) is 1. The van der Waals surface area contributed by atoms with E-state index in [0.29, 0.717) is 0 Å². The molecule has 3 unspecified atom stereocenters. The molecule has 1 N–H and O–H groups in total. The van der Waals surface area contributed by atoms with E-state index >= 15 is 0 Å². The summed E-state index contributed by atoms with van der Waals surface area (Å²) in [5.74, 6) is 4.10. The van der Waals surface area contributed by atoms with E-state index in [-0.39, 0.29) is 0 Å². The maximum absolute atomic E-state index is 3.66. The first kappa shape index (κ1) is 11.8. The molecule has 96 valence electrons. The lowest BCUT2D eigenvalue weighted by Gasteiger charge is -2.41. The predicted molar refractivity (Wildman–Crippen MR) is 72.9 cm³/mol. The second kappa shape index (κ2) is 5.56. The lowest BCUT2D eigenvalue weighted by atomic mass is 9.68. The van der Waals surface area contributed by atoms with Gasteiger partial charge in [-0.3, -0.25) is 0 Å². The Morgan fingerprint density at radius 1 is 0.824 bits per heavy atom. The fraction of sp³-hybridized carbons (Fsp3) is 0.875. The topological polar surface area (TPSA) is 12.0 Å². The van der Waals surface area contributed by atoms with Crippen molar-refractivity contribution in [3.8, 4) is 0 Å². The molecule has 1 saturated carbocycles. The molecule has 3 atom stereocenters. The molecule has 0 amide bonds. The molecule has 1 aliphatic heterocycles. The molecule has 3 aliphatic rings. The minimum Gasteiger partial charge on any atom is -0.316 e. The first-order chi connectivity index (χ1) is 8.45. The Morgan fingerprint density at radius 3 is 2.47 bits per heavy atom. The number of hydrogen-bond acceptors (Lipinski definition) is 1. The van der Waals surface area contributed by atoms with E-state index in [1.807, 2.05) is 0 Å². The van der Waals surface area contributed by atoms with Crippen molar-refractivity contribution in [3.05, 3.63) is 12.2 Å². The maximum Gasteiger partial charge on any atom is -0.00151 e. The largest absolute Gasteiger partial charge is 0.316 e. The summed E-state index contributed by atoms with van der Waals surface area (Å²) in [6, 6.07) is 0. The average molecular weight is 233 g/mol. The lowest BCUT2D eigenvalue weighted by molar-refractivity contribution is 0.114. The zero-order valence-corrected chi connectivity index (χ0v) is 11.0. The summed E-state index contributed by atoms with van der Waals surface area (Å²) >= 11 is 0. The first-order valence-electron chi connectivity index (χ1n) is 7.81. The molecule has 0 spiro atoms. The van der Waals surface area contributed by atoms with Crippen LogP contribution in [0.3, 0.4) is 0 Å². The van der Waals surface area contributed by atoms with E-state index in [1.165, 1.54) is 64.5 Å². The van der Waals surface area contributed by atoms with Gasteiger partial charge in [-0.2, -0.15) is 0 Å². The number of rotatable bonds is 2. The van der Waals surface area contributed by atoms with Crippen LogP contribution in [0, 0.1) is 23.7 Å². The Labute approximate surface area is 106 Å². The van der Waals surface area contributed by atoms with Crippen molar-refractivity contribution in [3.63, 3.8) is 0 Å². The molecular weight excluding hydrogens is 206 g/mol. The van der Waals surface area contributed by atoms with Gasteiger partial charge >= 0.3 is 0 Å². The summed E-state index contributed by atoms with van der Waals surface area (Å²) in [5.41, 5.74) is 0. The smallest absolute Gasteiger partial charge is 0.00151 e. The van der Waals surface area contributed by atoms with Gasteiger partial charge in [-0.05, 0) is 62.4 Å². The van der Waals surface area contributed by atoms with Crippen molar-refractivity contribution in [2.24, 2.45) is 23.7 Å². The third-order valence-corrected chi connectivity index (χ3v) is 5.50. The van der Waals surface area contributed by atoms with E-state index in [4.69, 9.17) is 0 Å². The highest BCUT2D eigenvalue weighted by atomic mass is 14.9. The van der Waals surface area contributed by atoms with Gasteiger partial charge in [-0.25, -0.2) is 0 Å². The van der Waals surface area contributed by atoms with Crippen molar-refractivity contribution in [1.82, 2.24) is 5.32 Å². The lowest BCUT2D eigenvalue weighted by Crippen LogP contribution is -2.43. The van der Waals surface area contributed by atoms with Crippen molar-refractivity contribution >= 4 is 0 Å². The average Bonchev–Trinajstić information content (AvgIpc) is 2.94. The molecule has 0 aromatic heterocycles. The van der Waals surface area contributed by atoms with E-state index < -0.39 is 0 Å². The highest BCUT2D eigenvalue weighted by Crippen LogP contribution is 2.43. The van der Waals surface area contributed by atoms with Crippen LogP contribution in [0.2, 0.25) is 0 Å². The van der Waals surface area contributed by atoms with E-state index in [1.54, 1.807) is 0 Å². The Bertz CT molecular complexity index is 265. The minimum atomic E-state index is 1.00. The Balaban J connectivity index is 1.68. The van der Waals surface area contributed by atoms with Crippen LogP contribution < -0.4 is 5.32 Å². The van der Waals surface area contributed by atoms with Crippen LogP contribution in [0.4, 0.5) is 0 Å². The van der Waals surface area contributed by atoms with Gasteiger partial charge in [0.15, 0.2) is 0 Å². The van der Waals surface area contributed by atoms with E-state index in [2.05, 4.69) is 17.5 Å². The normalized spacial score (nSPS) is 39.6. The van der Waals surface area contributed by atoms with Gasteiger partial charge in [0.1, 0.15) is 0 Å². The predicted octanol–water partition coefficient (Wildman–Crippen LogP) is 3.76. The van der Waals surface area contributed by atoms with Crippen molar-refractivity contribution in [1.29, 1.82) is 0 Å². The molecular formula is C16H27N. The molecule has 0 aromatic carbocycles. The number of allylic oxidation sites excluding steroid dienone is 2. The Hall–Kier alpha value is -0.300. The third kappa shape index (κ3) is 2.59. The molecule has 0 bridgehead atoms. The van der Waals surface area contributed by atoms with Crippen molar-refractivity contribution in [2.45, 2.75) is 51.4 Å². The minimum absolute atomic E-state index is 1.00. The number of piperidine rings is 1. The van der Waals surface area contributed by atoms with E-state index in [0.717, 1.165) is 23.7 Å². The summed E-state index contributed by atoms with van der Waals surface area (Å²) < 4.78 is 0. The molecule has 1 heteroatoms. The van der Waals surface area contributed by atoms with Gasteiger partial charge in [-0.15, -0.1) is 0 Å². The Morgan fingerprint density at radius 2 is 1.71 bits per heavy atom. The van der Waals surface area contributed by atoms with Crippen molar-refractivity contribution in [2.75, 3.05) is 13.1 Å². The highest BCUT2D eigenvalue weighted by molar-refractivity contribution is 4.96. The van der Waals surface area contributed by atoms with Crippen LogP contribution >= 0.6 is 0 Å². The molecule has 1 saturated heterocycles. The molecule has 2 fully saturated rings. The summed E-state index contributed by atoms with van der Waals surface area (Å²) in [5, 5.41) is 3.66. The molecule has 0 aromatic rings. The fourth-order valence-electron chi connectivity index (χ4n) is 4.60. The summed E-state index contributed by atoms with van der Waals surface area (Å²) in [6.45, 7) is 2.59. The zero-order valence-electron chi connectivity index (χ0n) is 11.0. The molecule has 1 nitrogen and oxygen atoms in total. The van der Waals surface area contributed by atoms with Crippen LogP contribution in [-0.4, -0.2) is 13.1 Å². The highest BCUT2D eigenvalue weighted by Gasteiger charge is 2.36.